The standard InChI is InChI=1S/C18H20/c1-14-6-8-15(9-7-14)12-16-10-11-18(13-16)17-4-2-3-5-17/h6-13,17H,2-5H2,1H3/b16-12-. The molecule has 0 N–H and O–H groups in total. The van der Waals surface area contributed by atoms with E-state index in [-0.39, 0.29) is 0 Å². The lowest BCUT2D eigenvalue weighted by Gasteiger charge is -2.06. The smallest absolute Gasteiger partial charge is 0.0162 e. The van der Waals surface area contributed by atoms with E-state index in [0.29, 0.717) is 0 Å². The second kappa shape index (κ2) is 4.97. The third kappa shape index (κ3) is 2.48. The van der Waals surface area contributed by atoms with Gasteiger partial charge in [-0.1, -0.05) is 60.9 Å². The van der Waals surface area contributed by atoms with Gasteiger partial charge in [-0.05, 0) is 48.5 Å². The van der Waals surface area contributed by atoms with Crippen molar-refractivity contribution in [3.05, 3.63) is 64.8 Å². The van der Waals surface area contributed by atoms with E-state index in [4.69, 9.17) is 0 Å². The molecule has 92 valence electrons. The summed E-state index contributed by atoms with van der Waals surface area (Å²) in [6.45, 7) is 2.13. The van der Waals surface area contributed by atoms with Crippen molar-refractivity contribution < 1.29 is 0 Å². The summed E-state index contributed by atoms with van der Waals surface area (Å²) >= 11 is 0. The van der Waals surface area contributed by atoms with Crippen LogP contribution in [0.25, 0.3) is 6.08 Å². The fraction of sp³-hybridized carbons (Fsp3) is 0.333. The SMILES string of the molecule is Cc1ccc(/C=C2/C=CC(C3CCCC3)=C2)cc1. The third-order valence-electron chi connectivity index (χ3n) is 4.04. The summed E-state index contributed by atoms with van der Waals surface area (Å²) in [5, 5.41) is 0. The van der Waals surface area contributed by atoms with Crippen LogP contribution in [0, 0.1) is 12.8 Å². The van der Waals surface area contributed by atoms with Crippen molar-refractivity contribution in [3.8, 4) is 0 Å². The molecule has 3 rings (SSSR count). The highest BCUT2D eigenvalue weighted by atomic mass is 14.2. The highest BCUT2D eigenvalue weighted by Gasteiger charge is 2.19. The number of hydrogen-bond acceptors (Lipinski definition) is 0. The molecule has 0 bridgehead atoms. The average Bonchev–Trinajstić information content (AvgIpc) is 3.02. The van der Waals surface area contributed by atoms with Gasteiger partial charge in [-0.2, -0.15) is 0 Å². The van der Waals surface area contributed by atoms with E-state index in [9.17, 15) is 0 Å². The molecule has 0 heterocycles. The number of hydrogen-bond donors (Lipinski definition) is 0. The molecule has 1 aromatic carbocycles. The summed E-state index contributed by atoms with van der Waals surface area (Å²) < 4.78 is 0. The summed E-state index contributed by atoms with van der Waals surface area (Å²) in [4.78, 5) is 0. The molecule has 1 fully saturated rings. The van der Waals surface area contributed by atoms with Gasteiger partial charge in [0.2, 0.25) is 0 Å². The Hall–Kier alpha value is -1.56. The Labute approximate surface area is 110 Å². The Bertz CT molecular complexity index is 505. The first-order chi connectivity index (χ1) is 8.81. The van der Waals surface area contributed by atoms with Crippen LogP contribution in [0.1, 0.15) is 36.8 Å². The van der Waals surface area contributed by atoms with Crippen molar-refractivity contribution in [3.63, 3.8) is 0 Å². The Kier molecular flexibility index (Phi) is 3.19. The fourth-order valence-electron chi connectivity index (χ4n) is 2.94. The van der Waals surface area contributed by atoms with E-state index < -0.39 is 0 Å². The lowest BCUT2D eigenvalue weighted by molar-refractivity contribution is 0.659. The first kappa shape index (κ1) is 11.5. The van der Waals surface area contributed by atoms with Gasteiger partial charge in [0.15, 0.2) is 0 Å². The molecule has 0 saturated heterocycles. The van der Waals surface area contributed by atoms with Crippen molar-refractivity contribution in [1.29, 1.82) is 0 Å². The fourth-order valence-corrected chi connectivity index (χ4v) is 2.94. The van der Waals surface area contributed by atoms with Crippen LogP contribution >= 0.6 is 0 Å². The topological polar surface area (TPSA) is 0 Å². The van der Waals surface area contributed by atoms with Gasteiger partial charge in [0, 0.05) is 0 Å². The summed E-state index contributed by atoms with van der Waals surface area (Å²) in [6, 6.07) is 8.73. The quantitative estimate of drug-likeness (QED) is 0.673. The maximum atomic E-state index is 2.37. The van der Waals surface area contributed by atoms with E-state index in [1.54, 1.807) is 5.57 Å². The first-order valence-electron chi connectivity index (χ1n) is 6.99. The summed E-state index contributed by atoms with van der Waals surface area (Å²) in [6.07, 6.45) is 14.8. The highest BCUT2D eigenvalue weighted by Crippen LogP contribution is 2.35. The summed E-state index contributed by atoms with van der Waals surface area (Å²) in [5.41, 5.74) is 5.51. The molecule has 0 atom stereocenters. The van der Waals surface area contributed by atoms with Crippen LogP contribution in [0.2, 0.25) is 0 Å². The number of rotatable bonds is 2. The normalized spacial score (nSPS) is 21.8. The number of aryl methyl sites for hydroxylation is 1. The number of allylic oxidation sites excluding steroid dienone is 5. The second-order valence-electron chi connectivity index (χ2n) is 5.51. The zero-order chi connectivity index (χ0) is 12.4. The van der Waals surface area contributed by atoms with Crippen LogP contribution in [0.5, 0.6) is 0 Å². The van der Waals surface area contributed by atoms with Gasteiger partial charge in [0.25, 0.3) is 0 Å². The predicted molar refractivity (Wildman–Crippen MR) is 78.3 cm³/mol. The van der Waals surface area contributed by atoms with Gasteiger partial charge in [-0.15, -0.1) is 0 Å². The van der Waals surface area contributed by atoms with E-state index in [0.717, 1.165) is 5.92 Å². The van der Waals surface area contributed by atoms with Crippen LogP contribution in [0.3, 0.4) is 0 Å². The van der Waals surface area contributed by atoms with Crippen molar-refractivity contribution in [2.24, 2.45) is 5.92 Å². The maximum absolute atomic E-state index is 2.37. The first-order valence-corrected chi connectivity index (χ1v) is 6.99. The lowest BCUT2D eigenvalue weighted by atomic mass is 9.98. The van der Waals surface area contributed by atoms with Crippen LogP contribution < -0.4 is 0 Å². The zero-order valence-corrected chi connectivity index (χ0v) is 11.0. The van der Waals surface area contributed by atoms with E-state index >= 15 is 0 Å². The minimum Gasteiger partial charge on any atom is -0.0587 e. The molecular formula is C18H20. The molecule has 0 unspecified atom stereocenters. The summed E-state index contributed by atoms with van der Waals surface area (Å²) in [7, 11) is 0. The lowest BCUT2D eigenvalue weighted by Crippen LogP contribution is -1.93. The van der Waals surface area contributed by atoms with E-state index in [1.807, 2.05) is 0 Å². The minimum absolute atomic E-state index is 0.824. The zero-order valence-electron chi connectivity index (χ0n) is 11.0. The van der Waals surface area contributed by atoms with Crippen molar-refractivity contribution >= 4 is 6.08 Å². The van der Waals surface area contributed by atoms with Gasteiger partial charge in [-0.25, -0.2) is 0 Å². The third-order valence-corrected chi connectivity index (χ3v) is 4.04. The Balaban J connectivity index is 1.78. The largest absolute Gasteiger partial charge is 0.0587 e. The molecule has 0 amide bonds. The molecule has 0 aromatic heterocycles. The Morgan fingerprint density at radius 3 is 2.44 bits per heavy atom. The van der Waals surface area contributed by atoms with Gasteiger partial charge >= 0.3 is 0 Å². The van der Waals surface area contributed by atoms with Crippen LogP contribution in [0.15, 0.2) is 53.6 Å². The Morgan fingerprint density at radius 2 is 1.72 bits per heavy atom. The molecular weight excluding hydrogens is 216 g/mol. The second-order valence-corrected chi connectivity index (χ2v) is 5.51. The number of benzene rings is 1. The van der Waals surface area contributed by atoms with Crippen LogP contribution in [-0.4, -0.2) is 0 Å². The van der Waals surface area contributed by atoms with Gasteiger partial charge in [0.1, 0.15) is 0 Å². The average molecular weight is 236 g/mol. The van der Waals surface area contributed by atoms with Gasteiger partial charge in [-0.3, -0.25) is 0 Å². The van der Waals surface area contributed by atoms with Crippen molar-refractivity contribution in [2.45, 2.75) is 32.6 Å². The molecule has 0 nitrogen and oxygen atoms in total. The van der Waals surface area contributed by atoms with Crippen LogP contribution in [0.4, 0.5) is 0 Å². The van der Waals surface area contributed by atoms with Gasteiger partial charge < -0.3 is 0 Å². The molecule has 0 aliphatic heterocycles. The summed E-state index contributed by atoms with van der Waals surface area (Å²) in [5.74, 6) is 0.824. The van der Waals surface area contributed by atoms with Crippen molar-refractivity contribution in [2.75, 3.05) is 0 Å². The molecule has 2 aliphatic carbocycles. The van der Waals surface area contributed by atoms with Crippen molar-refractivity contribution in [1.82, 2.24) is 0 Å². The maximum Gasteiger partial charge on any atom is -0.0162 e. The molecule has 0 heteroatoms. The van der Waals surface area contributed by atoms with E-state index in [1.165, 1.54) is 42.4 Å². The minimum atomic E-state index is 0.824. The molecule has 18 heavy (non-hydrogen) atoms. The van der Waals surface area contributed by atoms with Gasteiger partial charge in [0.05, 0.1) is 0 Å². The highest BCUT2D eigenvalue weighted by molar-refractivity contribution is 5.63. The molecule has 1 saturated carbocycles. The van der Waals surface area contributed by atoms with E-state index in [2.05, 4.69) is 55.5 Å². The predicted octanol–water partition coefficient (Wildman–Crippen LogP) is 5.06. The Morgan fingerprint density at radius 1 is 1.00 bits per heavy atom. The van der Waals surface area contributed by atoms with Crippen LogP contribution in [-0.2, 0) is 0 Å². The monoisotopic (exact) mass is 236 g/mol. The molecule has 1 aromatic rings. The molecule has 0 radical (unpaired) electrons. The molecule has 2 aliphatic rings. The molecule has 0 spiro atoms.